The molecule has 1 aliphatic rings. The Bertz CT molecular complexity index is 211. The van der Waals surface area contributed by atoms with E-state index in [4.69, 9.17) is 5.73 Å². The summed E-state index contributed by atoms with van der Waals surface area (Å²) in [6, 6.07) is 1.06. The molecule has 0 radical (unpaired) electrons. The first-order valence-corrected chi connectivity index (χ1v) is 6.85. The van der Waals surface area contributed by atoms with Gasteiger partial charge in [0.15, 0.2) is 0 Å². The molecule has 2 N–H and O–H groups in total. The van der Waals surface area contributed by atoms with Crippen molar-refractivity contribution in [2.45, 2.75) is 66.0 Å². The minimum absolute atomic E-state index is 0.417. The average molecular weight is 226 g/mol. The van der Waals surface area contributed by atoms with Crippen molar-refractivity contribution in [1.29, 1.82) is 0 Å². The Labute approximate surface area is 102 Å². The number of rotatable bonds is 4. The molecule has 0 amide bonds. The summed E-state index contributed by atoms with van der Waals surface area (Å²) in [7, 11) is 0. The van der Waals surface area contributed by atoms with E-state index in [2.05, 4.69) is 39.5 Å². The van der Waals surface area contributed by atoms with Crippen LogP contribution in [0.4, 0.5) is 0 Å². The van der Waals surface area contributed by atoms with E-state index >= 15 is 0 Å². The van der Waals surface area contributed by atoms with Gasteiger partial charge in [-0.1, -0.05) is 20.8 Å². The van der Waals surface area contributed by atoms with Crippen LogP contribution in [-0.4, -0.2) is 30.1 Å². The summed E-state index contributed by atoms with van der Waals surface area (Å²) >= 11 is 0. The zero-order valence-corrected chi connectivity index (χ0v) is 11.8. The van der Waals surface area contributed by atoms with E-state index in [0.717, 1.165) is 6.54 Å². The van der Waals surface area contributed by atoms with Gasteiger partial charge in [-0.25, -0.2) is 0 Å². The fraction of sp³-hybridized carbons (Fsp3) is 1.00. The van der Waals surface area contributed by atoms with E-state index in [1.54, 1.807) is 0 Å². The predicted octanol–water partition coefficient (Wildman–Crippen LogP) is 2.87. The van der Waals surface area contributed by atoms with Gasteiger partial charge >= 0.3 is 0 Å². The zero-order valence-electron chi connectivity index (χ0n) is 11.8. The summed E-state index contributed by atoms with van der Waals surface area (Å²) in [4.78, 5) is 2.55. The molecule has 0 heterocycles. The smallest absolute Gasteiger partial charge is 0.00797 e. The minimum atomic E-state index is 0.417. The van der Waals surface area contributed by atoms with Crippen molar-refractivity contribution >= 4 is 0 Å². The van der Waals surface area contributed by atoms with Crippen molar-refractivity contribution in [3.8, 4) is 0 Å². The quantitative estimate of drug-likeness (QED) is 0.798. The van der Waals surface area contributed by atoms with Gasteiger partial charge in [-0.2, -0.15) is 0 Å². The highest BCUT2D eigenvalue weighted by atomic mass is 15.1. The fourth-order valence-electron chi connectivity index (χ4n) is 2.96. The first-order chi connectivity index (χ1) is 7.35. The maximum Gasteiger partial charge on any atom is 0.00797 e. The van der Waals surface area contributed by atoms with E-state index in [-0.39, 0.29) is 0 Å². The summed E-state index contributed by atoms with van der Waals surface area (Å²) in [6.45, 7) is 13.9. The van der Waals surface area contributed by atoms with Gasteiger partial charge < -0.3 is 10.6 Å². The van der Waals surface area contributed by atoms with E-state index in [9.17, 15) is 0 Å². The van der Waals surface area contributed by atoms with E-state index in [1.807, 2.05) is 0 Å². The molecule has 0 aromatic rings. The second-order valence-corrected chi connectivity index (χ2v) is 6.51. The van der Waals surface area contributed by atoms with Gasteiger partial charge in [-0.3, -0.25) is 0 Å². The summed E-state index contributed by atoms with van der Waals surface area (Å²) in [5.74, 6) is 0.686. The highest BCUT2D eigenvalue weighted by Crippen LogP contribution is 2.38. The second-order valence-electron chi connectivity index (χ2n) is 6.51. The number of hydrogen-bond donors (Lipinski definition) is 1. The van der Waals surface area contributed by atoms with Crippen molar-refractivity contribution in [2.24, 2.45) is 17.1 Å². The number of nitrogens with zero attached hydrogens (tertiary/aromatic N) is 1. The van der Waals surface area contributed by atoms with Gasteiger partial charge in [-0.05, 0) is 51.0 Å². The molecule has 16 heavy (non-hydrogen) atoms. The molecule has 1 aliphatic carbocycles. The Hall–Kier alpha value is -0.0800. The maximum absolute atomic E-state index is 6.28. The van der Waals surface area contributed by atoms with Crippen LogP contribution in [0.25, 0.3) is 0 Å². The largest absolute Gasteiger partial charge is 0.327 e. The Morgan fingerprint density at radius 3 is 2.50 bits per heavy atom. The minimum Gasteiger partial charge on any atom is -0.327 e. The maximum atomic E-state index is 6.28. The van der Waals surface area contributed by atoms with E-state index < -0.39 is 0 Å². The molecule has 0 saturated heterocycles. The zero-order chi connectivity index (χ0) is 12.3. The summed E-state index contributed by atoms with van der Waals surface area (Å²) in [5.41, 5.74) is 6.77. The van der Waals surface area contributed by atoms with Crippen LogP contribution in [0.2, 0.25) is 0 Å². The number of hydrogen-bond acceptors (Lipinski definition) is 2. The summed E-state index contributed by atoms with van der Waals surface area (Å²) in [5, 5.41) is 0. The van der Waals surface area contributed by atoms with Gasteiger partial charge in [-0.15, -0.1) is 0 Å². The van der Waals surface area contributed by atoms with Crippen LogP contribution in [0.15, 0.2) is 0 Å². The monoisotopic (exact) mass is 226 g/mol. The Morgan fingerprint density at radius 1 is 1.38 bits per heavy atom. The third-order valence-electron chi connectivity index (χ3n) is 4.18. The summed E-state index contributed by atoms with van der Waals surface area (Å²) < 4.78 is 0. The molecule has 0 spiro atoms. The fourth-order valence-corrected chi connectivity index (χ4v) is 2.96. The molecule has 1 rings (SSSR count). The number of nitrogens with two attached hydrogens (primary N) is 1. The predicted molar refractivity (Wildman–Crippen MR) is 71.5 cm³/mol. The molecule has 1 fully saturated rings. The molecule has 2 nitrogen and oxygen atoms in total. The van der Waals surface area contributed by atoms with Crippen LogP contribution in [0.3, 0.4) is 0 Å². The molecule has 0 bridgehead atoms. The SMILES string of the molecule is CCN(CC1CC(C)(C)CCC1N)C(C)C. The van der Waals surface area contributed by atoms with E-state index in [0.29, 0.717) is 23.4 Å². The van der Waals surface area contributed by atoms with Crippen molar-refractivity contribution in [3.05, 3.63) is 0 Å². The lowest BCUT2D eigenvalue weighted by molar-refractivity contribution is 0.103. The molecule has 0 aromatic heterocycles. The Morgan fingerprint density at radius 2 is 2.00 bits per heavy atom. The second kappa shape index (κ2) is 5.50. The van der Waals surface area contributed by atoms with Crippen LogP contribution in [-0.2, 0) is 0 Å². The molecule has 0 aromatic carbocycles. The van der Waals surface area contributed by atoms with E-state index in [1.165, 1.54) is 25.8 Å². The van der Waals surface area contributed by atoms with Gasteiger partial charge in [0.1, 0.15) is 0 Å². The third kappa shape index (κ3) is 3.74. The van der Waals surface area contributed by atoms with Crippen LogP contribution in [0.5, 0.6) is 0 Å². The van der Waals surface area contributed by atoms with Gasteiger partial charge in [0.05, 0.1) is 0 Å². The standard InChI is InChI=1S/C14H30N2/c1-6-16(11(2)3)10-12-9-14(4,5)8-7-13(12)15/h11-13H,6-10,15H2,1-5H3. The lowest BCUT2D eigenvalue weighted by atomic mass is 9.70. The van der Waals surface area contributed by atoms with Crippen molar-refractivity contribution in [3.63, 3.8) is 0 Å². The van der Waals surface area contributed by atoms with Crippen LogP contribution >= 0.6 is 0 Å². The molecular weight excluding hydrogens is 196 g/mol. The van der Waals surface area contributed by atoms with Gasteiger partial charge in [0, 0.05) is 18.6 Å². The first kappa shape index (κ1) is 14.0. The normalized spacial score (nSPS) is 30.0. The molecule has 2 heteroatoms. The average Bonchev–Trinajstić information content (AvgIpc) is 2.18. The molecule has 1 saturated carbocycles. The molecule has 2 unspecified atom stereocenters. The molecule has 2 atom stereocenters. The van der Waals surface area contributed by atoms with Gasteiger partial charge in [0.25, 0.3) is 0 Å². The Balaban J connectivity index is 2.56. The van der Waals surface area contributed by atoms with Crippen LogP contribution < -0.4 is 5.73 Å². The van der Waals surface area contributed by atoms with Crippen LogP contribution in [0, 0.1) is 11.3 Å². The first-order valence-electron chi connectivity index (χ1n) is 6.85. The van der Waals surface area contributed by atoms with Crippen LogP contribution in [0.1, 0.15) is 53.9 Å². The molecule has 96 valence electrons. The summed E-state index contributed by atoms with van der Waals surface area (Å²) in [6.07, 6.45) is 3.78. The third-order valence-corrected chi connectivity index (χ3v) is 4.18. The van der Waals surface area contributed by atoms with Crippen molar-refractivity contribution in [1.82, 2.24) is 4.90 Å². The highest BCUT2D eigenvalue weighted by Gasteiger charge is 2.33. The Kier molecular flexibility index (Phi) is 4.81. The van der Waals surface area contributed by atoms with Crippen molar-refractivity contribution in [2.75, 3.05) is 13.1 Å². The van der Waals surface area contributed by atoms with Crippen molar-refractivity contribution < 1.29 is 0 Å². The molecule has 0 aliphatic heterocycles. The lowest BCUT2D eigenvalue weighted by Crippen LogP contribution is -2.46. The highest BCUT2D eigenvalue weighted by molar-refractivity contribution is 4.88. The molecular formula is C14H30N2. The van der Waals surface area contributed by atoms with Gasteiger partial charge in [0.2, 0.25) is 0 Å². The lowest BCUT2D eigenvalue weighted by Gasteiger charge is -2.42. The topological polar surface area (TPSA) is 29.3 Å².